The van der Waals surface area contributed by atoms with Crippen molar-refractivity contribution >= 4 is 28.2 Å². The highest BCUT2D eigenvalue weighted by atomic mass is 19.1. The molecule has 0 spiro atoms. The van der Waals surface area contributed by atoms with Gasteiger partial charge in [-0.25, -0.2) is 4.98 Å². The first-order valence-electron chi connectivity index (χ1n) is 9.26. The van der Waals surface area contributed by atoms with Crippen LogP contribution in [0.1, 0.15) is 10.4 Å². The monoisotopic (exact) mass is 417 g/mol. The van der Waals surface area contributed by atoms with Crippen molar-refractivity contribution < 1.29 is 18.8 Å². The number of carbonyl (C=O) groups excluding carboxylic acids is 1. The highest BCUT2D eigenvalue weighted by Crippen LogP contribution is 2.28. The minimum atomic E-state index is -0.973. The number of carbonyl (C=O) groups is 1. The number of nitrogens with zero attached hydrogens (tertiary/aromatic N) is 2. The van der Waals surface area contributed by atoms with E-state index in [2.05, 4.69) is 10.3 Å². The van der Waals surface area contributed by atoms with Gasteiger partial charge in [0.25, 0.3) is 5.91 Å². The number of pyridine rings is 1. The first-order valence-corrected chi connectivity index (χ1v) is 9.26. The van der Waals surface area contributed by atoms with Crippen LogP contribution in [0.25, 0.3) is 22.2 Å². The van der Waals surface area contributed by atoms with Gasteiger partial charge in [0.1, 0.15) is 5.75 Å². The summed E-state index contributed by atoms with van der Waals surface area (Å²) in [6.07, 6.45) is 0. The topological polar surface area (TPSA) is 94.4 Å². The predicted octanol–water partition coefficient (Wildman–Crippen LogP) is 5.21. The molecule has 0 atom stereocenters. The van der Waals surface area contributed by atoms with Gasteiger partial charge in [0, 0.05) is 22.7 Å². The molecule has 0 aliphatic rings. The number of aromatic nitrogens is 1. The number of nitrogens with one attached hydrogen (secondary N) is 1. The van der Waals surface area contributed by atoms with Crippen LogP contribution in [0.5, 0.6) is 5.75 Å². The van der Waals surface area contributed by atoms with Crippen LogP contribution in [0.15, 0.2) is 72.8 Å². The summed E-state index contributed by atoms with van der Waals surface area (Å²) in [4.78, 5) is 27.8. The Morgan fingerprint density at radius 2 is 1.81 bits per heavy atom. The molecule has 1 N–H and O–H groups in total. The van der Waals surface area contributed by atoms with Gasteiger partial charge in [-0.15, -0.1) is 0 Å². The second-order valence-electron chi connectivity index (χ2n) is 6.68. The molecule has 8 heteroatoms. The fraction of sp³-hybridized carbons (Fsp3) is 0.0435. The molecule has 4 rings (SSSR count). The first kappa shape index (κ1) is 20.0. The maximum absolute atomic E-state index is 13.6. The van der Waals surface area contributed by atoms with Crippen molar-refractivity contribution in [3.8, 4) is 17.0 Å². The Morgan fingerprint density at radius 3 is 2.52 bits per heavy atom. The van der Waals surface area contributed by atoms with Crippen molar-refractivity contribution in [2.75, 3.05) is 12.4 Å². The van der Waals surface area contributed by atoms with E-state index in [1.54, 1.807) is 43.5 Å². The lowest BCUT2D eigenvalue weighted by atomic mass is 10.0. The molecule has 3 aromatic carbocycles. The SMILES string of the molecule is COc1ccc(-c2cc(C(=O)Nc3ccc(F)c([N+](=O)[O-])c3)c3ccccc3n2)cc1. The Bertz CT molecular complexity index is 1310. The summed E-state index contributed by atoms with van der Waals surface area (Å²) in [7, 11) is 1.57. The molecule has 1 heterocycles. The molecule has 1 aromatic heterocycles. The van der Waals surface area contributed by atoms with Crippen LogP contribution in [0, 0.1) is 15.9 Å². The standard InChI is InChI=1S/C23H16FN3O4/c1-31-16-9-6-14(7-10-16)21-13-18(17-4-2-3-5-20(17)26-21)23(28)25-15-8-11-19(24)22(12-15)27(29)30/h2-13H,1H3,(H,25,28). The van der Waals surface area contributed by atoms with Gasteiger partial charge in [-0.1, -0.05) is 18.2 Å². The van der Waals surface area contributed by atoms with E-state index in [0.29, 0.717) is 27.9 Å². The van der Waals surface area contributed by atoms with E-state index in [9.17, 15) is 19.3 Å². The largest absolute Gasteiger partial charge is 0.497 e. The van der Waals surface area contributed by atoms with Gasteiger partial charge in [-0.3, -0.25) is 14.9 Å². The number of halogens is 1. The second kappa shape index (κ2) is 8.19. The number of hydrogen-bond donors (Lipinski definition) is 1. The average Bonchev–Trinajstić information content (AvgIpc) is 2.79. The quantitative estimate of drug-likeness (QED) is 0.355. The first-order chi connectivity index (χ1) is 15.0. The molecule has 0 aliphatic carbocycles. The van der Waals surface area contributed by atoms with Crippen LogP contribution in [-0.2, 0) is 0 Å². The molecule has 0 aliphatic heterocycles. The Balaban J connectivity index is 1.76. The summed E-state index contributed by atoms with van der Waals surface area (Å²) in [5.41, 5.74) is 1.73. The van der Waals surface area contributed by atoms with E-state index in [0.717, 1.165) is 17.7 Å². The molecule has 31 heavy (non-hydrogen) atoms. The van der Waals surface area contributed by atoms with Crippen molar-refractivity contribution in [1.29, 1.82) is 0 Å². The lowest BCUT2D eigenvalue weighted by molar-refractivity contribution is -0.387. The van der Waals surface area contributed by atoms with Crippen molar-refractivity contribution in [2.24, 2.45) is 0 Å². The molecule has 154 valence electrons. The summed E-state index contributed by atoms with van der Waals surface area (Å²) in [5, 5.41) is 14.2. The highest BCUT2D eigenvalue weighted by Gasteiger charge is 2.18. The van der Waals surface area contributed by atoms with E-state index >= 15 is 0 Å². The van der Waals surface area contributed by atoms with Crippen LogP contribution in [0.3, 0.4) is 0 Å². The maximum atomic E-state index is 13.6. The number of nitro groups is 1. The normalized spacial score (nSPS) is 10.6. The van der Waals surface area contributed by atoms with Crippen LogP contribution in [0.4, 0.5) is 15.8 Å². The van der Waals surface area contributed by atoms with Crippen molar-refractivity contribution in [3.05, 3.63) is 94.3 Å². The molecule has 0 saturated heterocycles. The summed E-state index contributed by atoms with van der Waals surface area (Å²) >= 11 is 0. The summed E-state index contributed by atoms with van der Waals surface area (Å²) < 4.78 is 18.8. The van der Waals surface area contributed by atoms with Crippen molar-refractivity contribution in [2.45, 2.75) is 0 Å². The number of rotatable bonds is 5. The van der Waals surface area contributed by atoms with Crippen molar-refractivity contribution in [3.63, 3.8) is 0 Å². The Hall–Kier alpha value is -4.33. The molecular weight excluding hydrogens is 401 g/mol. The minimum Gasteiger partial charge on any atom is -0.497 e. The number of nitro benzene ring substituents is 1. The Kier molecular flexibility index (Phi) is 5.28. The second-order valence-corrected chi connectivity index (χ2v) is 6.68. The Labute approximate surface area is 176 Å². The van der Waals surface area contributed by atoms with Crippen LogP contribution < -0.4 is 10.1 Å². The number of para-hydroxylation sites is 1. The van der Waals surface area contributed by atoms with Crippen LogP contribution >= 0.6 is 0 Å². The molecular formula is C23H16FN3O4. The third-order valence-corrected chi connectivity index (χ3v) is 4.75. The van der Waals surface area contributed by atoms with Gasteiger partial charge in [-0.2, -0.15) is 4.39 Å². The molecule has 0 bridgehead atoms. The third kappa shape index (κ3) is 4.04. The van der Waals surface area contributed by atoms with Crippen LogP contribution in [-0.4, -0.2) is 22.9 Å². The summed E-state index contributed by atoms with van der Waals surface area (Å²) in [6.45, 7) is 0. The van der Waals surface area contributed by atoms with Gasteiger partial charge >= 0.3 is 5.69 Å². The van der Waals surface area contributed by atoms with E-state index in [4.69, 9.17) is 4.74 Å². The number of fused-ring (bicyclic) bond motifs is 1. The van der Waals surface area contributed by atoms with Crippen LogP contribution in [0.2, 0.25) is 0 Å². The smallest absolute Gasteiger partial charge is 0.306 e. The highest BCUT2D eigenvalue weighted by molar-refractivity contribution is 6.13. The van der Waals surface area contributed by atoms with E-state index in [-0.39, 0.29) is 5.69 Å². The van der Waals surface area contributed by atoms with E-state index in [1.165, 1.54) is 6.07 Å². The van der Waals surface area contributed by atoms with E-state index < -0.39 is 22.3 Å². The summed E-state index contributed by atoms with van der Waals surface area (Å²) in [5.74, 6) is -0.770. The predicted molar refractivity (Wildman–Crippen MR) is 115 cm³/mol. The third-order valence-electron chi connectivity index (χ3n) is 4.75. The molecule has 1 amide bonds. The molecule has 0 fully saturated rings. The Morgan fingerprint density at radius 1 is 1.06 bits per heavy atom. The summed E-state index contributed by atoms with van der Waals surface area (Å²) in [6, 6.07) is 19.3. The van der Waals surface area contributed by atoms with E-state index in [1.807, 2.05) is 18.2 Å². The number of ether oxygens (including phenoxy) is 1. The number of methoxy groups -OCH3 is 1. The fourth-order valence-corrected chi connectivity index (χ4v) is 3.20. The fourth-order valence-electron chi connectivity index (χ4n) is 3.20. The zero-order valence-corrected chi connectivity index (χ0v) is 16.3. The van der Waals surface area contributed by atoms with Crippen molar-refractivity contribution in [1.82, 2.24) is 4.98 Å². The van der Waals surface area contributed by atoms with Gasteiger partial charge in [0.15, 0.2) is 0 Å². The minimum absolute atomic E-state index is 0.116. The molecule has 0 radical (unpaired) electrons. The number of anilines is 1. The van der Waals surface area contributed by atoms with Gasteiger partial charge in [0.05, 0.1) is 28.8 Å². The molecule has 0 saturated carbocycles. The van der Waals surface area contributed by atoms with Gasteiger partial charge < -0.3 is 10.1 Å². The molecule has 4 aromatic rings. The molecule has 0 unspecified atom stereocenters. The lowest BCUT2D eigenvalue weighted by Crippen LogP contribution is -2.13. The number of hydrogen-bond acceptors (Lipinski definition) is 5. The molecule has 7 nitrogen and oxygen atoms in total. The lowest BCUT2D eigenvalue weighted by Gasteiger charge is -2.11. The van der Waals surface area contributed by atoms with Gasteiger partial charge in [-0.05, 0) is 48.5 Å². The maximum Gasteiger partial charge on any atom is 0.306 e. The van der Waals surface area contributed by atoms with Gasteiger partial charge in [0.2, 0.25) is 5.82 Å². The zero-order valence-electron chi connectivity index (χ0n) is 16.3. The zero-order chi connectivity index (χ0) is 22.0. The number of benzene rings is 3. The number of amides is 1. The average molecular weight is 417 g/mol.